The molecular formula is C20H18FN3OS. The van der Waals surface area contributed by atoms with Gasteiger partial charge < -0.3 is 4.98 Å². The Kier molecular flexibility index (Phi) is 4.28. The third kappa shape index (κ3) is 2.80. The molecule has 4 aromatic rings. The lowest BCUT2D eigenvalue weighted by atomic mass is 10.2. The predicted molar refractivity (Wildman–Crippen MR) is 105 cm³/mol. The van der Waals surface area contributed by atoms with Gasteiger partial charge in [-0.05, 0) is 36.8 Å². The molecule has 0 radical (unpaired) electrons. The molecule has 1 atom stereocenters. The molecule has 0 aliphatic rings. The maximum atomic E-state index is 13.3. The van der Waals surface area contributed by atoms with Crippen molar-refractivity contribution in [3.63, 3.8) is 0 Å². The van der Waals surface area contributed by atoms with Gasteiger partial charge in [-0.25, -0.2) is 9.37 Å². The Balaban J connectivity index is 2.05. The van der Waals surface area contributed by atoms with Crippen LogP contribution in [0.15, 0.2) is 58.5 Å². The molecule has 132 valence electrons. The summed E-state index contributed by atoms with van der Waals surface area (Å²) >= 11 is 1.55. The van der Waals surface area contributed by atoms with Gasteiger partial charge in [0.15, 0.2) is 5.16 Å². The summed E-state index contributed by atoms with van der Waals surface area (Å²) in [5.74, 6) is -0.336. The van der Waals surface area contributed by atoms with Crippen molar-refractivity contribution in [1.29, 1.82) is 0 Å². The largest absolute Gasteiger partial charge is 0.349 e. The fraction of sp³-hybridized carbons (Fsp3) is 0.200. The first kappa shape index (κ1) is 16.8. The number of thioether (sulfide) groups is 1. The molecule has 26 heavy (non-hydrogen) atoms. The highest BCUT2D eigenvalue weighted by atomic mass is 32.2. The molecule has 0 saturated carbocycles. The van der Waals surface area contributed by atoms with Gasteiger partial charge in [0.05, 0.1) is 5.69 Å². The Morgan fingerprint density at radius 3 is 2.65 bits per heavy atom. The van der Waals surface area contributed by atoms with E-state index in [1.54, 1.807) is 28.5 Å². The highest BCUT2D eigenvalue weighted by Gasteiger charge is 2.18. The lowest BCUT2D eigenvalue weighted by Gasteiger charge is -2.14. The van der Waals surface area contributed by atoms with Gasteiger partial charge in [0.1, 0.15) is 16.9 Å². The number of aromatic nitrogens is 3. The second-order valence-electron chi connectivity index (χ2n) is 6.24. The van der Waals surface area contributed by atoms with Crippen molar-refractivity contribution in [3.8, 4) is 5.69 Å². The Hall–Kier alpha value is -2.60. The number of hydrogen-bond donors (Lipinski definition) is 1. The van der Waals surface area contributed by atoms with Crippen molar-refractivity contribution in [2.24, 2.45) is 0 Å². The quantitative estimate of drug-likeness (QED) is 0.412. The molecule has 0 amide bonds. The van der Waals surface area contributed by atoms with E-state index in [1.807, 2.05) is 24.3 Å². The maximum absolute atomic E-state index is 13.3. The van der Waals surface area contributed by atoms with Crippen LogP contribution in [0.1, 0.15) is 20.3 Å². The van der Waals surface area contributed by atoms with Crippen LogP contribution in [0.2, 0.25) is 0 Å². The molecule has 6 heteroatoms. The minimum absolute atomic E-state index is 0.177. The molecular weight excluding hydrogens is 349 g/mol. The summed E-state index contributed by atoms with van der Waals surface area (Å²) in [7, 11) is 0. The van der Waals surface area contributed by atoms with Gasteiger partial charge in [0.2, 0.25) is 0 Å². The molecule has 2 heterocycles. The standard InChI is InChI=1S/C20H18FN3OS/c1-3-12(2)26-20-23-17-15-6-4-5-7-16(15)22-18(17)19(25)24(20)14-10-8-13(21)9-11-14/h4-12,22H,3H2,1-2H3/t12-/m1/s1. The highest BCUT2D eigenvalue weighted by Crippen LogP contribution is 2.29. The van der Waals surface area contributed by atoms with E-state index in [0.29, 0.717) is 27.1 Å². The van der Waals surface area contributed by atoms with Gasteiger partial charge in [0, 0.05) is 16.2 Å². The topological polar surface area (TPSA) is 50.7 Å². The van der Waals surface area contributed by atoms with Crippen LogP contribution >= 0.6 is 11.8 Å². The van der Waals surface area contributed by atoms with Crippen molar-refractivity contribution < 1.29 is 4.39 Å². The average molecular weight is 367 g/mol. The van der Waals surface area contributed by atoms with Crippen LogP contribution in [0, 0.1) is 5.82 Å². The SMILES string of the molecule is CC[C@@H](C)Sc1nc2c([nH]c3ccccc32)c(=O)n1-c1ccc(F)cc1. The normalized spacial score (nSPS) is 12.7. The van der Waals surface area contributed by atoms with Gasteiger partial charge >= 0.3 is 0 Å². The molecule has 4 nitrogen and oxygen atoms in total. The first-order chi connectivity index (χ1) is 12.6. The van der Waals surface area contributed by atoms with Crippen molar-refractivity contribution >= 4 is 33.7 Å². The Bertz CT molecular complexity index is 1150. The Labute approximate surface area is 154 Å². The van der Waals surface area contributed by atoms with E-state index in [-0.39, 0.29) is 11.4 Å². The van der Waals surface area contributed by atoms with Crippen molar-refractivity contribution in [3.05, 3.63) is 64.7 Å². The number of rotatable bonds is 4. The summed E-state index contributed by atoms with van der Waals surface area (Å²) in [5, 5.41) is 1.85. The molecule has 0 aliphatic heterocycles. The minimum Gasteiger partial charge on any atom is -0.349 e. The number of halogens is 1. The monoisotopic (exact) mass is 367 g/mol. The summed E-state index contributed by atoms with van der Waals surface area (Å²) < 4.78 is 14.9. The van der Waals surface area contributed by atoms with Crippen LogP contribution in [0.5, 0.6) is 0 Å². The van der Waals surface area contributed by atoms with Crippen LogP contribution in [0.4, 0.5) is 4.39 Å². The highest BCUT2D eigenvalue weighted by molar-refractivity contribution is 7.99. The third-order valence-electron chi connectivity index (χ3n) is 4.46. The Morgan fingerprint density at radius 2 is 1.92 bits per heavy atom. The molecule has 0 bridgehead atoms. The third-order valence-corrected chi connectivity index (χ3v) is 5.68. The molecule has 2 aromatic heterocycles. The summed E-state index contributed by atoms with van der Waals surface area (Å²) in [4.78, 5) is 21.3. The van der Waals surface area contributed by atoms with Crippen LogP contribution in [0.25, 0.3) is 27.6 Å². The van der Waals surface area contributed by atoms with Gasteiger partial charge in [-0.2, -0.15) is 0 Å². The number of fused-ring (bicyclic) bond motifs is 3. The van der Waals surface area contributed by atoms with E-state index in [2.05, 4.69) is 18.8 Å². The second-order valence-corrected chi connectivity index (χ2v) is 7.65. The zero-order valence-electron chi connectivity index (χ0n) is 14.5. The van der Waals surface area contributed by atoms with E-state index in [9.17, 15) is 9.18 Å². The van der Waals surface area contributed by atoms with Crippen LogP contribution in [-0.2, 0) is 0 Å². The van der Waals surface area contributed by atoms with E-state index < -0.39 is 0 Å². The lowest BCUT2D eigenvalue weighted by Crippen LogP contribution is -2.22. The maximum Gasteiger partial charge on any atom is 0.283 e. The fourth-order valence-corrected chi connectivity index (χ4v) is 3.87. The van der Waals surface area contributed by atoms with Gasteiger partial charge in [0.25, 0.3) is 5.56 Å². The predicted octanol–water partition coefficient (Wildman–Crippen LogP) is 4.90. The van der Waals surface area contributed by atoms with E-state index in [1.165, 1.54) is 12.1 Å². The van der Waals surface area contributed by atoms with Gasteiger partial charge in [-0.15, -0.1) is 0 Å². The molecule has 0 unspecified atom stereocenters. The molecule has 4 rings (SSSR count). The Morgan fingerprint density at radius 1 is 1.19 bits per heavy atom. The van der Waals surface area contributed by atoms with Crippen LogP contribution < -0.4 is 5.56 Å². The van der Waals surface area contributed by atoms with Crippen LogP contribution in [0.3, 0.4) is 0 Å². The zero-order valence-corrected chi connectivity index (χ0v) is 15.3. The number of nitrogens with one attached hydrogen (secondary N) is 1. The van der Waals surface area contributed by atoms with E-state index in [4.69, 9.17) is 4.98 Å². The smallest absolute Gasteiger partial charge is 0.283 e. The van der Waals surface area contributed by atoms with E-state index >= 15 is 0 Å². The van der Waals surface area contributed by atoms with Crippen LogP contribution in [-0.4, -0.2) is 19.8 Å². The second kappa shape index (κ2) is 6.61. The number of aromatic amines is 1. The number of H-pyrrole nitrogens is 1. The number of para-hydroxylation sites is 1. The minimum atomic E-state index is -0.336. The average Bonchev–Trinajstić information content (AvgIpc) is 3.02. The molecule has 0 fully saturated rings. The van der Waals surface area contributed by atoms with Gasteiger partial charge in [-0.1, -0.05) is 43.8 Å². The van der Waals surface area contributed by atoms with Gasteiger partial charge in [-0.3, -0.25) is 9.36 Å². The summed E-state index contributed by atoms with van der Waals surface area (Å²) in [6.07, 6.45) is 0.954. The summed E-state index contributed by atoms with van der Waals surface area (Å²) in [6, 6.07) is 13.7. The first-order valence-corrected chi connectivity index (χ1v) is 9.42. The first-order valence-electron chi connectivity index (χ1n) is 8.54. The van der Waals surface area contributed by atoms with Crippen molar-refractivity contribution in [2.75, 3.05) is 0 Å². The lowest BCUT2D eigenvalue weighted by molar-refractivity contribution is 0.627. The van der Waals surface area contributed by atoms with Crippen molar-refractivity contribution in [2.45, 2.75) is 30.7 Å². The summed E-state index contributed by atoms with van der Waals surface area (Å²) in [5.41, 5.74) is 2.45. The molecule has 0 spiro atoms. The number of hydrogen-bond acceptors (Lipinski definition) is 3. The zero-order chi connectivity index (χ0) is 18.3. The molecule has 2 aromatic carbocycles. The molecule has 0 saturated heterocycles. The summed E-state index contributed by atoms with van der Waals surface area (Å²) in [6.45, 7) is 4.20. The fourth-order valence-electron chi connectivity index (χ4n) is 2.90. The number of nitrogens with zero attached hydrogens (tertiary/aromatic N) is 2. The molecule has 1 N–H and O–H groups in total. The number of benzene rings is 2. The van der Waals surface area contributed by atoms with Crippen molar-refractivity contribution in [1.82, 2.24) is 14.5 Å². The van der Waals surface area contributed by atoms with E-state index in [0.717, 1.165) is 17.3 Å². The molecule has 0 aliphatic carbocycles.